The highest BCUT2D eigenvalue weighted by Crippen LogP contribution is 2.11. The van der Waals surface area contributed by atoms with E-state index in [2.05, 4.69) is 27.9 Å². The number of furan rings is 1. The van der Waals surface area contributed by atoms with Crippen molar-refractivity contribution in [3.63, 3.8) is 0 Å². The van der Waals surface area contributed by atoms with Gasteiger partial charge in [-0.1, -0.05) is 6.92 Å². The van der Waals surface area contributed by atoms with Gasteiger partial charge in [0.1, 0.15) is 5.76 Å². The molecule has 1 aromatic heterocycles. The van der Waals surface area contributed by atoms with Gasteiger partial charge >= 0.3 is 0 Å². The van der Waals surface area contributed by atoms with Gasteiger partial charge in [-0.05, 0) is 54.1 Å². The van der Waals surface area contributed by atoms with Crippen LogP contribution < -0.4 is 5.32 Å². The van der Waals surface area contributed by atoms with Gasteiger partial charge in [-0.15, -0.1) is 0 Å². The minimum absolute atomic E-state index is 0.0873. The molecule has 0 aliphatic rings. The Morgan fingerprint density at radius 2 is 2.40 bits per heavy atom. The van der Waals surface area contributed by atoms with E-state index in [1.165, 1.54) is 6.08 Å². The molecule has 3 nitrogen and oxygen atoms in total. The summed E-state index contributed by atoms with van der Waals surface area (Å²) in [6, 6.07) is 3.89. The quantitative estimate of drug-likeness (QED) is 0.685. The van der Waals surface area contributed by atoms with Crippen molar-refractivity contribution >= 4 is 34.6 Å². The summed E-state index contributed by atoms with van der Waals surface area (Å²) in [6.45, 7) is 4.01. The van der Waals surface area contributed by atoms with Crippen LogP contribution in [0.1, 0.15) is 26.0 Å². The lowest BCUT2D eigenvalue weighted by Gasteiger charge is -2.08. The lowest BCUT2D eigenvalue weighted by molar-refractivity contribution is -0.117. The third kappa shape index (κ3) is 4.51. The van der Waals surface area contributed by atoms with Crippen molar-refractivity contribution in [1.82, 2.24) is 5.32 Å². The largest absolute Gasteiger partial charge is 0.451 e. The molecule has 4 heteroatoms. The van der Waals surface area contributed by atoms with Crippen molar-refractivity contribution in [2.24, 2.45) is 0 Å². The molecule has 0 aliphatic heterocycles. The van der Waals surface area contributed by atoms with Crippen LogP contribution in [0.4, 0.5) is 0 Å². The predicted molar refractivity (Wildman–Crippen MR) is 68.4 cm³/mol. The van der Waals surface area contributed by atoms with Crippen LogP contribution in [0.3, 0.4) is 0 Å². The molecule has 1 N–H and O–H groups in total. The van der Waals surface area contributed by atoms with E-state index in [0.717, 1.165) is 10.2 Å². The van der Waals surface area contributed by atoms with Gasteiger partial charge in [0.05, 0.1) is 0 Å². The van der Waals surface area contributed by atoms with Crippen molar-refractivity contribution in [3.05, 3.63) is 27.7 Å². The first-order chi connectivity index (χ1) is 7.11. The molecule has 1 heterocycles. The van der Waals surface area contributed by atoms with E-state index in [1.807, 2.05) is 26.0 Å². The summed E-state index contributed by atoms with van der Waals surface area (Å²) in [5.41, 5.74) is 0. The number of hydrogen-bond donors (Lipinski definition) is 1. The second-order valence-corrected chi connectivity index (χ2v) is 4.36. The molecule has 1 atom stereocenters. The number of rotatable bonds is 4. The highest BCUT2D eigenvalue weighted by Gasteiger charge is 2.01. The molecular weight excluding hydrogens is 305 g/mol. The number of nitrogens with one attached hydrogen (secondary N) is 1. The Morgan fingerprint density at radius 3 is 2.93 bits per heavy atom. The maximum absolute atomic E-state index is 11.4. The number of halogens is 1. The Bertz CT molecular complexity index is 357. The van der Waals surface area contributed by atoms with E-state index in [0.29, 0.717) is 5.76 Å². The topological polar surface area (TPSA) is 42.2 Å². The predicted octanol–water partition coefficient (Wildman–Crippen LogP) is 2.81. The van der Waals surface area contributed by atoms with Gasteiger partial charge in [0.25, 0.3) is 0 Å². The fourth-order valence-corrected chi connectivity index (χ4v) is 1.40. The third-order valence-electron chi connectivity index (χ3n) is 1.99. The molecule has 0 radical (unpaired) electrons. The monoisotopic (exact) mass is 319 g/mol. The lowest BCUT2D eigenvalue weighted by atomic mass is 10.2. The number of carbonyl (C=O) groups excluding carboxylic acids is 1. The van der Waals surface area contributed by atoms with E-state index < -0.39 is 0 Å². The molecule has 0 aromatic carbocycles. The van der Waals surface area contributed by atoms with E-state index in [-0.39, 0.29) is 11.9 Å². The summed E-state index contributed by atoms with van der Waals surface area (Å²) in [5, 5.41) is 2.84. The minimum atomic E-state index is -0.0873. The molecule has 0 saturated carbocycles. The van der Waals surface area contributed by atoms with Gasteiger partial charge < -0.3 is 9.73 Å². The molecule has 1 unspecified atom stereocenters. The van der Waals surface area contributed by atoms with Crippen LogP contribution in [0.5, 0.6) is 0 Å². The Balaban J connectivity index is 2.47. The fraction of sp³-hybridized carbons (Fsp3) is 0.364. The maximum atomic E-state index is 11.4. The number of hydrogen-bond acceptors (Lipinski definition) is 2. The van der Waals surface area contributed by atoms with Crippen LogP contribution in [0.2, 0.25) is 0 Å². The van der Waals surface area contributed by atoms with Crippen LogP contribution in [-0.2, 0) is 4.79 Å². The number of amides is 1. The zero-order chi connectivity index (χ0) is 11.3. The van der Waals surface area contributed by atoms with Crippen LogP contribution >= 0.6 is 22.6 Å². The zero-order valence-corrected chi connectivity index (χ0v) is 10.9. The normalized spacial score (nSPS) is 13.0. The van der Waals surface area contributed by atoms with Gasteiger partial charge in [-0.3, -0.25) is 4.79 Å². The van der Waals surface area contributed by atoms with Gasteiger partial charge in [0, 0.05) is 12.1 Å². The van der Waals surface area contributed by atoms with Crippen molar-refractivity contribution in [1.29, 1.82) is 0 Å². The highest BCUT2D eigenvalue weighted by atomic mass is 127. The molecule has 0 bridgehead atoms. The standard InChI is InChI=1S/C11H14INO2/c1-3-8(2)13-11(14)7-5-9-4-6-10(12)15-9/h4-8H,3H2,1-2H3,(H,13,14)/b7-5+. The summed E-state index contributed by atoms with van der Waals surface area (Å²) in [4.78, 5) is 11.4. The minimum Gasteiger partial charge on any atom is -0.451 e. The molecule has 82 valence electrons. The first-order valence-electron chi connectivity index (χ1n) is 4.85. The Morgan fingerprint density at radius 1 is 1.67 bits per heavy atom. The molecule has 1 aromatic rings. The molecule has 0 spiro atoms. The second-order valence-electron chi connectivity index (χ2n) is 3.29. The number of carbonyl (C=O) groups is 1. The van der Waals surface area contributed by atoms with E-state index in [9.17, 15) is 4.79 Å². The summed E-state index contributed by atoms with van der Waals surface area (Å²) in [5.74, 6) is 0.606. The first-order valence-corrected chi connectivity index (χ1v) is 5.93. The van der Waals surface area contributed by atoms with Crippen molar-refractivity contribution in [2.45, 2.75) is 26.3 Å². The molecule has 0 saturated heterocycles. The Kier molecular flexibility index (Phi) is 4.87. The molecular formula is C11H14INO2. The van der Waals surface area contributed by atoms with E-state index >= 15 is 0 Å². The highest BCUT2D eigenvalue weighted by molar-refractivity contribution is 14.1. The van der Waals surface area contributed by atoms with E-state index in [1.54, 1.807) is 6.08 Å². The smallest absolute Gasteiger partial charge is 0.244 e. The second kappa shape index (κ2) is 5.95. The van der Waals surface area contributed by atoms with Crippen molar-refractivity contribution in [2.75, 3.05) is 0 Å². The van der Waals surface area contributed by atoms with E-state index in [4.69, 9.17) is 4.42 Å². The summed E-state index contributed by atoms with van der Waals surface area (Å²) >= 11 is 2.08. The SMILES string of the molecule is CCC(C)NC(=O)/C=C/c1ccc(I)o1. The molecule has 0 aliphatic carbocycles. The average molecular weight is 319 g/mol. The summed E-state index contributed by atoms with van der Waals surface area (Å²) in [7, 11) is 0. The lowest BCUT2D eigenvalue weighted by Crippen LogP contribution is -2.30. The van der Waals surface area contributed by atoms with Crippen LogP contribution in [0.25, 0.3) is 6.08 Å². The maximum Gasteiger partial charge on any atom is 0.244 e. The fourth-order valence-electron chi connectivity index (χ4n) is 0.969. The van der Waals surface area contributed by atoms with Gasteiger partial charge in [-0.2, -0.15) is 0 Å². The Hall–Kier alpha value is -0.780. The van der Waals surface area contributed by atoms with Gasteiger partial charge in [0.15, 0.2) is 3.77 Å². The van der Waals surface area contributed by atoms with Crippen LogP contribution in [0, 0.1) is 3.77 Å². The zero-order valence-electron chi connectivity index (χ0n) is 8.79. The summed E-state index contributed by atoms with van der Waals surface area (Å²) in [6.07, 6.45) is 4.08. The summed E-state index contributed by atoms with van der Waals surface area (Å²) < 4.78 is 6.10. The first kappa shape index (κ1) is 12.3. The van der Waals surface area contributed by atoms with Gasteiger partial charge in [0.2, 0.25) is 5.91 Å². The third-order valence-corrected chi connectivity index (χ3v) is 2.57. The van der Waals surface area contributed by atoms with Crippen LogP contribution in [0.15, 0.2) is 22.6 Å². The molecule has 1 amide bonds. The molecule has 0 fully saturated rings. The van der Waals surface area contributed by atoms with Crippen LogP contribution in [-0.4, -0.2) is 11.9 Å². The molecule has 15 heavy (non-hydrogen) atoms. The average Bonchev–Trinajstić information content (AvgIpc) is 2.61. The Labute approximate surface area is 103 Å². The van der Waals surface area contributed by atoms with Gasteiger partial charge in [-0.25, -0.2) is 0 Å². The van der Waals surface area contributed by atoms with Crippen molar-refractivity contribution < 1.29 is 9.21 Å². The van der Waals surface area contributed by atoms with Crippen molar-refractivity contribution in [3.8, 4) is 0 Å². The molecule has 1 rings (SSSR count).